The Morgan fingerprint density at radius 1 is 1.60 bits per heavy atom. The fourth-order valence-electron chi connectivity index (χ4n) is 1.08. The van der Waals surface area contributed by atoms with E-state index in [4.69, 9.17) is 5.73 Å². The fraction of sp³-hybridized carbons (Fsp3) is 0.111. The van der Waals surface area contributed by atoms with Crippen molar-refractivity contribution < 1.29 is 9.31 Å². The van der Waals surface area contributed by atoms with Crippen LogP contribution in [0.1, 0.15) is 11.6 Å². The molecule has 0 aliphatic heterocycles. The highest BCUT2D eigenvalue weighted by molar-refractivity contribution is 5.85. The standard InChI is InChI=1S/C9H9FN2O2.ClH/c1-2-8(11)7-4-3-6(10)5-9(7)12(13)14;/h2-5,8H,1,11H2;1H/t8-;/m1./s1. The Morgan fingerprint density at radius 2 is 2.20 bits per heavy atom. The van der Waals surface area contributed by atoms with Crippen LogP contribution in [0.5, 0.6) is 0 Å². The molecule has 0 spiro atoms. The van der Waals surface area contributed by atoms with E-state index in [1.54, 1.807) is 0 Å². The number of nitrogens with two attached hydrogens (primary N) is 1. The number of rotatable bonds is 3. The molecule has 1 aromatic carbocycles. The minimum atomic E-state index is -0.665. The second kappa shape index (κ2) is 5.43. The van der Waals surface area contributed by atoms with E-state index in [0.717, 1.165) is 12.1 Å². The third-order valence-corrected chi connectivity index (χ3v) is 1.80. The lowest BCUT2D eigenvalue weighted by molar-refractivity contribution is -0.385. The van der Waals surface area contributed by atoms with Gasteiger partial charge in [-0.2, -0.15) is 0 Å². The van der Waals surface area contributed by atoms with Crippen molar-refractivity contribution in [3.8, 4) is 0 Å². The Kier molecular flexibility index (Phi) is 4.90. The number of halogens is 2. The highest BCUT2D eigenvalue weighted by atomic mass is 35.5. The van der Waals surface area contributed by atoms with E-state index in [9.17, 15) is 14.5 Å². The average molecular weight is 233 g/mol. The van der Waals surface area contributed by atoms with Crippen LogP contribution in [0.4, 0.5) is 10.1 Å². The second-order valence-corrected chi connectivity index (χ2v) is 2.72. The van der Waals surface area contributed by atoms with Gasteiger partial charge in [0.1, 0.15) is 5.82 Å². The molecule has 1 atom stereocenters. The van der Waals surface area contributed by atoms with Crippen molar-refractivity contribution in [1.29, 1.82) is 0 Å². The second-order valence-electron chi connectivity index (χ2n) is 2.72. The predicted octanol–water partition coefficient (Wildman–Crippen LogP) is 2.34. The molecule has 0 saturated carbocycles. The van der Waals surface area contributed by atoms with E-state index in [0.29, 0.717) is 0 Å². The molecule has 15 heavy (non-hydrogen) atoms. The van der Waals surface area contributed by atoms with Crippen LogP contribution in [-0.4, -0.2) is 4.92 Å². The molecule has 4 nitrogen and oxygen atoms in total. The number of hydrogen-bond acceptors (Lipinski definition) is 3. The molecule has 1 aromatic rings. The lowest BCUT2D eigenvalue weighted by Gasteiger charge is -2.06. The van der Waals surface area contributed by atoms with Gasteiger partial charge in [0, 0.05) is 0 Å². The Hall–Kier alpha value is -1.46. The van der Waals surface area contributed by atoms with Gasteiger partial charge in [0.25, 0.3) is 5.69 Å². The van der Waals surface area contributed by atoms with Crippen LogP contribution in [0, 0.1) is 15.9 Å². The summed E-state index contributed by atoms with van der Waals surface area (Å²) in [7, 11) is 0. The van der Waals surface area contributed by atoms with Gasteiger partial charge >= 0.3 is 0 Å². The van der Waals surface area contributed by atoms with Crippen molar-refractivity contribution in [3.63, 3.8) is 0 Å². The summed E-state index contributed by atoms with van der Waals surface area (Å²) in [5.74, 6) is -0.656. The zero-order valence-electron chi connectivity index (χ0n) is 7.72. The van der Waals surface area contributed by atoms with E-state index in [-0.39, 0.29) is 23.7 Å². The average Bonchev–Trinajstić information content (AvgIpc) is 2.16. The molecule has 0 unspecified atom stereocenters. The topological polar surface area (TPSA) is 69.2 Å². The first-order chi connectivity index (χ1) is 6.56. The van der Waals surface area contributed by atoms with E-state index in [1.165, 1.54) is 12.1 Å². The van der Waals surface area contributed by atoms with E-state index in [2.05, 4.69) is 6.58 Å². The number of hydrogen-bond donors (Lipinski definition) is 1. The summed E-state index contributed by atoms with van der Waals surface area (Å²) in [6.07, 6.45) is 1.36. The summed E-state index contributed by atoms with van der Waals surface area (Å²) in [6.45, 7) is 3.42. The van der Waals surface area contributed by atoms with Crippen molar-refractivity contribution in [1.82, 2.24) is 0 Å². The molecule has 2 N–H and O–H groups in total. The minimum Gasteiger partial charge on any atom is -0.321 e. The lowest BCUT2D eigenvalue weighted by atomic mass is 10.1. The molecule has 0 amide bonds. The quantitative estimate of drug-likeness (QED) is 0.494. The molecular weight excluding hydrogens is 223 g/mol. The Morgan fingerprint density at radius 3 is 2.67 bits per heavy atom. The predicted molar refractivity (Wildman–Crippen MR) is 57.4 cm³/mol. The monoisotopic (exact) mass is 232 g/mol. The normalized spacial score (nSPS) is 11.3. The van der Waals surface area contributed by atoms with Crippen LogP contribution in [0.25, 0.3) is 0 Å². The maximum Gasteiger partial charge on any atom is 0.277 e. The van der Waals surface area contributed by atoms with Crippen molar-refractivity contribution in [2.75, 3.05) is 0 Å². The Balaban J connectivity index is 0.00000196. The van der Waals surface area contributed by atoms with Gasteiger partial charge in [0.05, 0.1) is 22.6 Å². The van der Waals surface area contributed by atoms with Crippen molar-refractivity contribution in [2.24, 2.45) is 5.73 Å². The summed E-state index contributed by atoms with van der Waals surface area (Å²) in [4.78, 5) is 9.88. The zero-order chi connectivity index (χ0) is 10.7. The third kappa shape index (κ3) is 3.00. The van der Waals surface area contributed by atoms with Crippen LogP contribution in [0.2, 0.25) is 0 Å². The van der Waals surface area contributed by atoms with E-state index < -0.39 is 16.8 Å². The first-order valence-electron chi connectivity index (χ1n) is 3.88. The SMILES string of the molecule is C=C[C@@H](N)c1ccc(F)cc1[N+](=O)[O-].Cl. The van der Waals surface area contributed by atoms with Crippen LogP contribution in [0.3, 0.4) is 0 Å². The highest BCUT2D eigenvalue weighted by Crippen LogP contribution is 2.24. The number of benzene rings is 1. The molecule has 0 aliphatic carbocycles. The molecule has 82 valence electrons. The molecule has 0 saturated heterocycles. The van der Waals surface area contributed by atoms with Crippen LogP contribution in [0.15, 0.2) is 30.9 Å². The summed E-state index contributed by atoms with van der Waals surface area (Å²) >= 11 is 0. The molecule has 0 fully saturated rings. The fourth-order valence-corrected chi connectivity index (χ4v) is 1.08. The van der Waals surface area contributed by atoms with E-state index >= 15 is 0 Å². The van der Waals surface area contributed by atoms with Gasteiger partial charge in [-0.05, 0) is 12.1 Å². The highest BCUT2D eigenvalue weighted by Gasteiger charge is 2.17. The molecule has 6 heteroatoms. The van der Waals surface area contributed by atoms with E-state index in [1.807, 2.05) is 0 Å². The van der Waals surface area contributed by atoms with Crippen molar-refractivity contribution >= 4 is 18.1 Å². The van der Waals surface area contributed by atoms with Gasteiger partial charge in [-0.1, -0.05) is 6.08 Å². The van der Waals surface area contributed by atoms with Gasteiger partial charge in [0.2, 0.25) is 0 Å². The molecule has 0 heterocycles. The molecule has 1 rings (SSSR count). The maximum absolute atomic E-state index is 12.7. The molecule has 0 aromatic heterocycles. The van der Waals surface area contributed by atoms with Crippen LogP contribution >= 0.6 is 12.4 Å². The lowest BCUT2D eigenvalue weighted by Crippen LogP contribution is -2.09. The van der Waals surface area contributed by atoms with Gasteiger partial charge in [-0.25, -0.2) is 4.39 Å². The maximum atomic E-state index is 12.7. The summed E-state index contributed by atoms with van der Waals surface area (Å²) < 4.78 is 12.7. The summed E-state index contributed by atoms with van der Waals surface area (Å²) in [5, 5.41) is 10.5. The van der Waals surface area contributed by atoms with Crippen molar-refractivity contribution in [3.05, 3.63) is 52.3 Å². The Bertz CT molecular complexity index is 384. The summed E-state index contributed by atoms with van der Waals surface area (Å²) in [5.41, 5.74) is 5.47. The smallest absolute Gasteiger partial charge is 0.277 e. The molecule has 0 aliphatic rings. The first-order valence-corrected chi connectivity index (χ1v) is 3.88. The van der Waals surface area contributed by atoms with Crippen LogP contribution < -0.4 is 5.73 Å². The number of nitrogens with zero attached hydrogens (tertiary/aromatic N) is 1. The Labute approximate surface area is 92.1 Å². The minimum absolute atomic E-state index is 0. The molecule has 0 radical (unpaired) electrons. The van der Waals surface area contributed by atoms with Gasteiger partial charge in [0.15, 0.2) is 0 Å². The third-order valence-electron chi connectivity index (χ3n) is 1.80. The van der Waals surface area contributed by atoms with Gasteiger partial charge < -0.3 is 5.73 Å². The first kappa shape index (κ1) is 13.5. The van der Waals surface area contributed by atoms with Crippen molar-refractivity contribution in [2.45, 2.75) is 6.04 Å². The van der Waals surface area contributed by atoms with Gasteiger partial charge in [-0.15, -0.1) is 19.0 Å². The molecule has 0 bridgehead atoms. The summed E-state index contributed by atoms with van der Waals surface area (Å²) in [6, 6.07) is 2.61. The molecular formula is C9H10ClFN2O2. The largest absolute Gasteiger partial charge is 0.321 e. The van der Waals surface area contributed by atoms with Gasteiger partial charge in [-0.3, -0.25) is 10.1 Å². The number of nitro benzene ring substituents is 1. The number of nitro groups is 1. The zero-order valence-corrected chi connectivity index (χ0v) is 8.54. The van der Waals surface area contributed by atoms with Crippen LogP contribution in [-0.2, 0) is 0 Å².